The van der Waals surface area contributed by atoms with E-state index in [-0.39, 0.29) is 17.0 Å². The second-order valence-electron chi connectivity index (χ2n) is 7.40. The summed E-state index contributed by atoms with van der Waals surface area (Å²) in [4.78, 5) is 10.9. The van der Waals surface area contributed by atoms with Crippen LogP contribution in [0.4, 0.5) is 0 Å². The Labute approximate surface area is 167 Å². The maximum atomic E-state index is 12.7. The van der Waals surface area contributed by atoms with Crippen molar-refractivity contribution in [1.29, 1.82) is 0 Å². The molecule has 2 aromatic rings. The number of hydrogen-bond donors (Lipinski definition) is 0. The Morgan fingerprint density at radius 3 is 2.79 bits per heavy atom. The van der Waals surface area contributed by atoms with Gasteiger partial charge in [-0.2, -0.15) is 0 Å². The standard InChI is InChI=1S/C19H31N5O3S/c1-4-11-28(25,26)19-21-12-16(24(19)14-17-7-6-10-27-17)13-22(3)15-18-20-8-9-23(18)5-2/h8-9,12,17H,4-7,10-11,13-15H2,1-3H3. The number of aromatic nitrogens is 4. The van der Waals surface area contributed by atoms with Gasteiger partial charge < -0.3 is 13.9 Å². The second-order valence-corrected chi connectivity index (χ2v) is 9.40. The van der Waals surface area contributed by atoms with Crippen molar-refractivity contribution in [1.82, 2.24) is 24.0 Å². The molecule has 1 aliphatic rings. The molecule has 3 rings (SSSR count). The second kappa shape index (κ2) is 9.19. The zero-order valence-corrected chi connectivity index (χ0v) is 17.9. The largest absolute Gasteiger partial charge is 0.376 e. The summed E-state index contributed by atoms with van der Waals surface area (Å²) in [6, 6.07) is 0. The van der Waals surface area contributed by atoms with Crippen molar-refractivity contribution < 1.29 is 13.2 Å². The topological polar surface area (TPSA) is 82.3 Å². The van der Waals surface area contributed by atoms with Crippen molar-refractivity contribution >= 4 is 9.84 Å². The molecule has 0 N–H and O–H groups in total. The minimum atomic E-state index is -3.40. The van der Waals surface area contributed by atoms with E-state index in [0.717, 1.165) is 37.5 Å². The molecule has 0 aliphatic carbocycles. The number of nitrogens with zero attached hydrogens (tertiary/aromatic N) is 5. The van der Waals surface area contributed by atoms with Gasteiger partial charge in [-0.05, 0) is 33.2 Å². The zero-order valence-electron chi connectivity index (χ0n) is 17.0. The molecule has 3 heterocycles. The number of ether oxygens (including phenoxy) is 1. The molecule has 0 saturated carbocycles. The van der Waals surface area contributed by atoms with Gasteiger partial charge in [0.2, 0.25) is 15.0 Å². The van der Waals surface area contributed by atoms with Gasteiger partial charge in [0.1, 0.15) is 5.82 Å². The van der Waals surface area contributed by atoms with Crippen molar-refractivity contribution in [3.8, 4) is 0 Å². The van der Waals surface area contributed by atoms with Gasteiger partial charge in [-0.15, -0.1) is 0 Å². The van der Waals surface area contributed by atoms with E-state index in [1.54, 1.807) is 6.20 Å². The Kier molecular flexibility index (Phi) is 6.90. The summed E-state index contributed by atoms with van der Waals surface area (Å²) in [7, 11) is -1.38. The molecule has 2 aromatic heterocycles. The maximum absolute atomic E-state index is 12.7. The Hall–Kier alpha value is -1.71. The quantitative estimate of drug-likeness (QED) is 0.598. The number of hydrogen-bond acceptors (Lipinski definition) is 6. The predicted molar refractivity (Wildman–Crippen MR) is 107 cm³/mol. The van der Waals surface area contributed by atoms with E-state index in [0.29, 0.717) is 26.1 Å². The highest BCUT2D eigenvalue weighted by molar-refractivity contribution is 7.91. The van der Waals surface area contributed by atoms with E-state index in [9.17, 15) is 8.42 Å². The molecule has 0 radical (unpaired) electrons. The van der Waals surface area contributed by atoms with E-state index in [4.69, 9.17) is 4.74 Å². The zero-order chi connectivity index (χ0) is 20.1. The van der Waals surface area contributed by atoms with Crippen LogP contribution in [0.15, 0.2) is 23.7 Å². The minimum absolute atomic E-state index is 0.0489. The van der Waals surface area contributed by atoms with Gasteiger partial charge >= 0.3 is 0 Å². The number of aryl methyl sites for hydroxylation is 1. The molecule has 0 spiro atoms. The first-order valence-corrected chi connectivity index (χ1v) is 11.7. The first-order valence-electron chi connectivity index (χ1n) is 10.0. The van der Waals surface area contributed by atoms with Gasteiger partial charge in [0, 0.05) is 32.1 Å². The van der Waals surface area contributed by atoms with Gasteiger partial charge in [0.15, 0.2) is 0 Å². The van der Waals surface area contributed by atoms with E-state index in [1.807, 2.05) is 30.9 Å². The average Bonchev–Trinajstić information content (AvgIpc) is 3.37. The van der Waals surface area contributed by atoms with Gasteiger partial charge in [-0.1, -0.05) is 6.92 Å². The molecule has 1 aliphatic heterocycles. The molecule has 0 aromatic carbocycles. The third kappa shape index (κ3) is 4.82. The van der Waals surface area contributed by atoms with Crippen LogP contribution < -0.4 is 0 Å². The highest BCUT2D eigenvalue weighted by Crippen LogP contribution is 2.21. The summed E-state index contributed by atoms with van der Waals surface area (Å²) in [5.41, 5.74) is 0.891. The molecule has 0 amide bonds. The van der Waals surface area contributed by atoms with Crippen LogP contribution in [0.25, 0.3) is 0 Å². The lowest BCUT2D eigenvalue weighted by Crippen LogP contribution is -2.25. The minimum Gasteiger partial charge on any atom is -0.376 e. The number of sulfone groups is 1. The van der Waals surface area contributed by atoms with Gasteiger partial charge in [0.25, 0.3) is 0 Å². The van der Waals surface area contributed by atoms with Crippen molar-refractivity contribution in [3.05, 3.63) is 30.1 Å². The van der Waals surface area contributed by atoms with Crippen LogP contribution in [0.1, 0.15) is 44.6 Å². The summed E-state index contributed by atoms with van der Waals surface area (Å²) in [6.07, 6.45) is 8.07. The SMILES string of the molecule is CCCS(=O)(=O)c1ncc(CN(C)Cc2nccn2CC)n1CC1CCCO1. The Bertz CT molecular complexity index is 868. The molecule has 1 fully saturated rings. The van der Waals surface area contributed by atoms with E-state index >= 15 is 0 Å². The van der Waals surface area contributed by atoms with E-state index in [1.165, 1.54) is 0 Å². The van der Waals surface area contributed by atoms with Crippen LogP contribution >= 0.6 is 0 Å². The van der Waals surface area contributed by atoms with Crippen LogP contribution in [0.3, 0.4) is 0 Å². The Balaban J connectivity index is 1.81. The summed E-state index contributed by atoms with van der Waals surface area (Å²) >= 11 is 0. The van der Waals surface area contributed by atoms with Gasteiger partial charge in [-0.3, -0.25) is 4.90 Å². The predicted octanol–water partition coefficient (Wildman–Crippen LogP) is 2.09. The number of rotatable bonds is 10. The lowest BCUT2D eigenvalue weighted by molar-refractivity contribution is 0.0934. The molecule has 1 saturated heterocycles. The highest BCUT2D eigenvalue weighted by Gasteiger charge is 2.26. The fourth-order valence-corrected chi connectivity index (χ4v) is 5.13. The Morgan fingerprint density at radius 1 is 1.29 bits per heavy atom. The fourth-order valence-electron chi connectivity index (χ4n) is 3.67. The van der Waals surface area contributed by atoms with Gasteiger partial charge in [-0.25, -0.2) is 18.4 Å². The molecule has 28 heavy (non-hydrogen) atoms. The molecule has 9 heteroatoms. The van der Waals surface area contributed by atoms with Crippen LogP contribution in [0, 0.1) is 0 Å². The summed E-state index contributed by atoms with van der Waals surface area (Å²) in [6.45, 7) is 7.39. The molecule has 156 valence electrons. The molecule has 8 nitrogen and oxygen atoms in total. The highest BCUT2D eigenvalue weighted by atomic mass is 32.2. The van der Waals surface area contributed by atoms with Crippen molar-refractivity contribution in [2.45, 2.75) is 70.5 Å². The monoisotopic (exact) mass is 409 g/mol. The first kappa shape index (κ1) is 21.0. The number of imidazole rings is 2. The third-order valence-corrected chi connectivity index (χ3v) is 6.88. The first-order chi connectivity index (χ1) is 13.4. The van der Waals surface area contributed by atoms with Crippen molar-refractivity contribution in [3.63, 3.8) is 0 Å². The van der Waals surface area contributed by atoms with Crippen LogP contribution in [0.5, 0.6) is 0 Å². The van der Waals surface area contributed by atoms with E-state index in [2.05, 4.69) is 26.4 Å². The lowest BCUT2D eigenvalue weighted by Gasteiger charge is -2.20. The van der Waals surface area contributed by atoms with E-state index < -0.39 is 9.84 Å². The summed E-state index contributed by atoms with van der Waals surface area (Å²) in [5, 5.41) is 0.170. The van der Waals surface area contributed by atoms with Crippen LogP contribution in [-0.4, -0.2) is 57.9 Å². The maximum Gasteiger partial charge on any atom is 0.227 e. The summed E-state index contributed by atoms with van der Waals surface area (Å²) in [5.74, 6) is 1.10. The molecule has 1 atom stereocenters. The van der Waals surface area contributed by atoms with Crippen LogP contribution in [0.2, 0.25) is 0 Å². The van der Waals surface area contributed by atoms with Crippen molar-refractivity contribution in [2.75, 3.05) is 19.4 Å². The average molecular weight is 410 g/mol. The molecule has 1 unspecified atom stereocenters. The molecular weight excluding hydrogens is 378 g/mol. The van der Waals surface area contributed by atoms with Crippen molar-refractivity contribution in [2.24, 2.45) is 0 Å². The molecule has 0 bridgehead atoms. The molecular formula is C19H31N5O3S. The normalized spacial score (nSPS) is 17.6. The lowest BCUT2D eigenvalue weighted by atomic mass is 10.2. The Morgan fingerprint density at radius 2 is 2.11 bits per heavy atom. The fraction of sp³-hybridized carbons (Fsp3) is 0.684. The summed E-state index contributed by atoms with van der Waals surface area (Å²) < 4.78 is 35.1. The third-order valence-electron chi connectivity index (χ3n) is 5.05. The van der Waals surface area contributed by atoms with Gasteiger partial charge in [0.05, 0.1) is 36.8 Å². The smallest absolute Gasteiger partial charge is 0.227 e. The van der Waals surface area contributed by atoms with Crippen LogP contribution in [-0.2, 0) is 40.8 Å².